The number of rotatable bonds is 4. The molecular formula is C13H15BrN2O2. The fraction of sp³-hybridized carbons (Fsp3) is 0.308. The Kier molecular flexibility index (Phi) is 4.04. The zero-order chi connectivity index (χ0) is 13.1. The molecule has 18 heavy (non-hydrogen) atoms. The lowest BCUT2D eigenvalue weighted by Crippen LogP contribution is -2.19. The molecule has 0 fully saturated rings. The van der Waals surface area contributed by atoms with Crippen molar-refractivity contribution in [2.45, 2.75) is 20.1 Å². The summed E-state index contributed by atoms with van der Waals surface area (Å²) < 4.78 is 6.14. The minimum Gasteiger partial charge on any atom is -0.469 e. The van der Waals surface area contributed by atoms with E-state index in [1.54, 1.807) is 12.5 Å². The SMILES string of the molecule is Cc1occc1CN(C)c1ncc(Br)cc1CO. The Morgan fingerprint density at radius 1 is 1.44 bits per heavy atom. The van der Waals surface area contributed by atoms with Gasteiger partial charge in [0, 0.05) is 35.4 Å². The summed E-state index contributed by atoms with van der Waals surface area (Å²) in [5, 5.41) is 9.37. The van der Waals surface area contributed by atoms with E-state index in [4.69, 9.17) is 4.42 Å². The lowest BCUT2D eigenvalue weighted by molar-refractivity contribution is 0.281. The Balaban J connectivity index is 2.23. The van der Waals surface area contributed by atoms with Crippen molar-refractivity contribution in [3.05, 3.63) is 46.0 Å². The third-order valence-corrected chi connectivity index (χ3v) is 3.25. The molecule has 0 amide bonds. The normalized spacial score (nSPS) is 10.7. The Morgan fingerprint density at radius 2 is 2.22 bits per heavy atom. The first-order chi connectivity index (χ1) is 8.61. The monoisotopic (exact) mass is 310 g/mol. The molecule has 2 rings (SSSR count). The van der Waals surface area contributed by atoms with Crippen LogP contribution in [0.2, 0.25) is 0 Å². The van der Waals surface area contributed by atoms with Crippen molar-refractivity contribution in [1.29, 1.82) is 0 Å². The van der Waals surface area contributed by atoms with Crippen LogP contribution < -0.4 is 4.90 Å². The zero-order valence-electron chi connectivity index (χ0n) is 10.4. The second kappa shape index (κ2) is 5.54. The molecule has 4 nitrogen and oxygen atoms in total. The van der Waals surface area contributed by atoms with E-state index in [-0.39, 0.29) is 6.61 Å². The van der Waals surface area contributed by atoms with Gasteiger partial charge in [-0.05, 0) is 35.0 Å². The van der Waals surface area contributed by atoms with E-state index < -0.39 is 0 Å². The molecule has 0 aliphatic rings. The molecule has 0 spiro atoms. The van der Waals surface area contributed by atoms with Crippen molar-refractivity contribution in [3.8, 4) is 0 Å². The van der Waals surface area contributed by atoms with Crippen LogP contribution in [0.1, 0.15) is 16.9 Å². The number of furan rings is 1. The van der Waals surface area contributed by atoms with Gasteiger partial charge in [0.25, 0.3) is 0 Å². The van der Waals surface area contributed by atoms with Crippen LogP contribution in [0.5, 0.6) is 0 Å². The fourth-order valence-corrected chi connectivity index (χ4v) is 2.22. The van der Waals surface area contributed by atoms with E-state index in [0.29, 0.717) is 6.54 Å². The summed E-state index contributed by atoms with van der Waals surface area (Å²) in [4.78, 5) is 6.34. The number of hydrogen-bond donors (Lipinski definition) is 1. The van der Waals surface area contributed by atoms with E-state index >= 15 is 0 Å². The number of nitrogens with zero attached hydrogens (tertiary/aromatic N) is 2. The summed E-state index contributed by atoms with van der Waals surface area (Å²) in [6, 6.07) is 3.82. The van der Waals surface area contributed by atoms with E-state index in [1.807, 2.05) is 31.0 Å². The lowest BCUT2D eigenvalue weighted by atomic mass is 10.2. The maximum absolute atomic E-state index is 9.37. The molecular weight excluding hydrogens is 296 g/mol. The Bertz CT molecular complexity index is 540. The summed E-state index contributed by atoms with van der Waals surface area (Å²) in [7, 11) is 1.95. The molecule has 0 unspecified atom stereocenters. The van der Waals surface area contributed by atoms with Crippen LogP contribution in [-0.4, -0.2) is 17.1 Å². The lowest BCUT2D eigenvalue weighted by Gasteiger charge is -2.20. The molecule has 0 aromatic carbocycles. The van der Waals surface area contributed by atoms with Crippen LogP contribution in [0.15, 0.2) is 33.5 Å². The van der Waals surface area contributed by atoms with E-state index in [2.05, 4.69) is 20.9 Å². The molecule has 0 aliphatic carbocycles. The molecule has 0 bridgehead atoms. The van der Waals surface area contributed by atoms with Crippen LogP contribution in [0.3, 0.4) is 0 Å². The smallest absolute Gasteiger partial charge is 0.134 e. The Morgan fingerprint density at radius 3 is 2.83 bits per heavy atom. The highest BCUT2D eigenvalue weighted by molar-refractivity contribution is 9.10. The van der Waals surface area contributed by atoms with Gasteiger partial charge < -0.3 is 14.4 Å². The number of aryl methyl sites for hydroxylation is 1. The Hall–Kier alpha value is -1.33. The average molecular weight is 311 g/mol. The number of aliphatic hydroxyl groups excluding tert-OH is 1. The molecule has 0 radical (unpaired) electrons. The number of aliphatic hydroxyl groups is 1. The molecule has 5 heteroatoms. The highest BCUT2D eigenvalue weighted by atomic mass is 79.9. The number of aromatic nitrogens is 1. The highest BCUT2D eigenvalue weighted by Crippen LogP contribution is 2.23. The van der Waals surface area contributed by atoms with Gasteiger partial charge in [0.1, 0.15) is 11.6 Å². The van der Waals surface area contributed by atoms with Crippen molar-refractivity contribution in [2.75, 3.05) is 11.9 Å². The van der Waals surface area contributed by atoms with Gasteiger partial charge in [0.05, 0.1) is 12.9 Å². The maximum Gasteiger partial charge on any atom is 0.134 e. The highest BCUT2D eigenvalue weighted by Gasteiger charge is 2.11. The van der Waals surface area contributed by atoms with Crippen LogP contribution in [0.4, 0.5) is 5.82 Å². The van der Waals surface area contributed by atoms with Crippen molar-refractivity contribution in [2.24, 2.45) is 0 Å². The van der Waals surface area contributed by atoms with Gasteiger partial charge in [0.2, 0.25) is 0 Å². The number of anilines is 1. The molecule has 2 aromatic rings. The van der Waals surface area contributed by atoms with Crippen LogP contribution in [0, 0.1) is 6.92 Å². The molecule has 0 saturated heterocycles. The third-order valence-electron chi connectivity index (χ3n) is 2.82. The van der Waals surface area contributed by atoms with Crippen LogP contribution >= 0.6 is 15.9 Å². The molecule has 96 valence electrons. The quantitative estimate of drug-likeness (QED) is 0.943. The van der Waals surface area contributed by atoms with Crippen LogP contribution in [0.25, 0.3) is 0 Å². The first-order valence-electron chi connectivity index (χ1n) is 5.61. The standard InChI is InChI=1S/C13H15BrN2O2/c1-9-10(3-4-18-9)7-16(2)13-11(8-17)5-12(14)6-15-13/h3-6,17H,7-8H2,1-2H3. The first kappa shape index (κ1) is 13.1. The van der Waals surface area contributed by atoms with Gasteiger partial charge in [0.15, 0.2) is 0 Å². The number of pyridine rings is 1. The second-order valence-electron chi connectivity index (χ2n) is 4.15. The predicted octanol–water partition coefficient (Wildman–Crippen LogP) is 2.87. The van der Waals surface area contributed by atoms with E-state index in [1.165, 1.54) is 0 Å². The largest absolute Gasteiger partial charge is 0.469 e. The molecule has 0 aliphatic heterocycles. The minimum atomic E-state index is -0.0313. The van der Waals surface area contributed by atoms with Crippen molar-refractivity contribution < 1.29 is 9.52 Å². The minimum absolute atomic E-state index is 0.0313. The van der Waals surface area contributed by atoms with E-state index in [0.717, 1.165) is 27.2 Å². The first-order valence-corrected chi connectivity index (χ1v) is 6.40. The fourth-order valence-electron chi connectivity index (χ4n) is 1.84. The van der Waals surface area contributed by atoms with Gasteiger partial charge in [-0.25, -0.2) is 4.98 Å². The number of halogens is 1. The second-order valence-corrected chi connectivity index (χ2v) is 5.07. The maximum atomic E-state index is 9.37. The molecule has 0 atom stereocenters. The number of hydrogen-bond acceptors (Lipinski definition) is 4. The summed E-state index contributed by atoms with van der Waals surface area (Å²) in [5.41, 5.74) is 1.92. The van der Waals surface area contributed by atoms with E-state index in [9.17, 15) is 5.11 Å². The van der Waals surface area contributed by atoms with Crippen molar-refractivity contribution in [3.63, 3.8) is 0 Å². The third kappa shape index (κ3) is 2.73. The molecule has 2 heterocycles. The summed E-state index contributed by atoms with van der Waals surface area (Å²) in [5.74, 6) is 1.69. The summed E-state index contributed by atoms with van der Waals surface area (Å²) >= 11 is 3.35. The van der Waals surface area contributed by atoms with Gasteiger partial charge in [-0.15, -0.1) is 0 Å². The average Bonchev–Trinajstić information content (AvgIpc) is 2.74. The van der Waals surface area contributed by atoms with Gasteiger partial charge in [-0.3, -0.25) is 0 Å². The Labute approximate surface area is 114 Å². The van der Waals surface area contributed by atoms with Gasteiger partial charge in [-0.2, -0.15) is 0 Å². The summed E-state index contributed by atoms with van der Waals surface area (Å²) in [6.07, 6.45) is 3.41. The van der Waals surface area contributed by atoms with Crippen molar-refractivity contribution in [1.82, 2.24) is 4.98 Å². The van der Waals surface area contributed by atoms with Gasteiger partial charge in [-0.1, -0.05) is 0 Å². The van der Waals surface area contributed by atoms with Crippen molar-refractivity contribution >= 4 is 21.7 Å². The van der Waals surface area contributed by atoms with Crippen LogP contribution in [-0.2, 0) is 13.2 Å². The molecule has 1 N–H and O–H groups in total. The molecule has 0 saturated carbocycles. The summed E-state index contributed by atoms with van der Waals surface area (Å²) in [6.45, 7) is 2.60. The predicted molar refractivity (Wildman–Crippen MR) is 73.4 cm³/mol. The van der Waals surface area contributed by atoms with Gasteiger partial charge >= 0.3 is 0 Å². The topological polar surface area (TPSA) is 49.5 Å². The zero-order valence-corrected chi connectivity index (χ0v) is 11.9. The molecule has 2 aromatic heterocycles.